The van der Waals surface area contributed by atoms with Crippen LogP contribution in [-0.4, -0.2) is 30.9 Å². The van der Waals surface area contributed by atoms with Gasteiger partial charge in [-0.2, -0.15) is 5.10 Å². The van der Waals surface area contributed by atoms with Crippen LogP contribution in [0.1, 0.15) is 5.56 Å². The lowest BCUT2D eigenvalue weighted by molar-refractivity contribution is 0.262. The monoisotopic (exact) mass is 454 g/mol. The quantitative estimate of drug-likeness (QED) is 0.539. The standard InChI is InChI=1S/C16H15BrN4O3S2/c1-26(23,24)9-10-3-2-4-11(7-10)18-16(22)19-15-8-12(20-21-15)13-5-6-14(17)25-13/h2-8H,9H2,1H3,(H3,18,19,20,21,22). The van der Waals surface area contributed by atoms with E-state index in [1.807, 2.05) is 12.1 Å². The third-order valence-corrected chi connectivity index (χ3v) is 5.79. The smallest absolute Gasteiger partial charge is 0.308 e. The molecule has 0 fully saturated rings. The molecule has 0 aliphatic heterocycles. The number of nitrogens with zero attached hydrogens (tertiary/aromatic N) is 1. The highest BCUT2D eigenvalue weighted by molar-refractivity contribution is 9.11. The Morgan fingerprint density at radius 1 is 1.23 bits per heavy atom. The number of urea groups is 1. The number of benzene rings is 1. The van der Waals surface area contributed by atoms with Gasteiger partial charge in [-0.15, -0.1) is 11.3 Å². The van der Waals surface area contributed by atoms with E-state index in [-0.39, 0.29) is 5.75 Å². The van der Waals surface area contributed by atoms with Gasteiger partial charge in [0.15, 0.2) is 15.7 Å². The van der Waals surface area contributed by atoms with Gasteiger partial charge in [0.05, 0.1) is 20.1 Å². The fourth-order valence-electron chi connectivity index (χ4n) is 2.29. The van der Waals surface area contributed by atoms with Gasteiger partial charge in [0.25, 0.3) is 0 Å². The first-order valence-corrected chi connectivity index (χ1v) is 11.1. The van der Waals surface area contributed by atoms with Crippen LogP contribution in [-0.2, 0) is 15.6 Å². The summed E-state index contributed by atoms with van der Waals surface area (Å²) in [6, 6.07) is 11.8. The fraction of sp³-hybridized carbons (Fsp3) is 0.125. The van der Waals surface area contributed by atoms with Crippen LogP contribution in [0, 0.1) is 0 Å². The largest absolute Gasteiger partial charge is 0.324 e. The van der Waals surface area contributed by atoms with E-state index >= 15 is 0 Å². The number of anilines is 2. The molecule has 0 spiro atoms. The van der Waals surface area contributed by atoms with Crippen molar-refractivity contribution in [1.29, 1.82) is 0 Å². The highest BCUT2D eigenvalue weighted by atomic mass is 79.9. The summed E-state index contributed by atoms with van der Waals surface area (Å²) in [5, 5.41) is 12.2. The normalized spacial score (nSPS) is 11.3. The van der Waals surface area contributed by atoms with Gasteiger partial charge in [-0.25, -0.2) is 13.2 Å². The molecule has 26 heavy (non-hydrogen) atoms. The number of thiophene rings is 1. The summed E-state index contributed by atoms with van der Waals surface area (Å²) >= 11 is 4.95. The van der Waals surface area contributed by atoms with E-state index in [2.05, 4.69) is 36.8 Å². The van der Waals surface area contributed by atoms with Gasteiger partial charge in [-0.3, -0.25) is 10.4 Å². The Labute approximate surface area is 162 Å². The highest BCUT2D eigenvalue weighted by Crippen LogP contribution is 2.30. The van der Waals surface area contributed by atoms with Crippen molar-refractivity contribution in [2.75, 3.05) is 16.9 Å². The average Bonchev–Trinajstić information content (AvgIpc) is 3.14. The van der Waals surface area contributed by atoms with Crippen LogP contribution < -0.4 is 10.6 Å². The van der Waals surface area contributed by atoms with Crippen molar-refractivity contribution < 1.29 is 13.2 Å². The SMILES string of the molecule is CS(=O)(=O)Cc1cccc(NC(=O)Nc2cc(-c3ccc(Br)s3)[nH]n2)c1. The number of amides is 2. The molecule has 0 saturated heterocycles. The van der Waals surface area contributed by atoms with E-state index in [1.54, 1.807) is 41.7 Å². The van der Waals surface area contributed by atoms with E-state index in [9.17, 15) is 13.2 Å². The van der Waals surface area contributed by atoms with Crippen LogP contribution in [0.15, 0.2) is 46.3 Å². The molecule has 0 aliphatic carbocycles. The van der Waals surface area contributed by atoms with Gasteiger partial charge >= 0.3 is 6.03 Å². The number of sulfone groups is 1. The second-order valence-electron chi connectivity index (χ2n) is 5.62. The molecule has 0 bridgehead atoms. The van der Waals surface area contributed by atoms with Crippen LogP contribution in [0.3, 0.4) is 0 Å². The van der Waals surface area contributed by atoms with Crippen molar-refractivity contribution in [2.45, 2.75) is 5.75 Å². The van der Waals surface area contributed by atoms with Crippen molar-refractivity contribution in [3.8, 4) is 10.6 Å². The molecule has 0 atom stereocenters. The molecule has 0 unspecified atom stereocenters. The van der Waals surface area contributed by atoms with Gasteiger partial charge in [0, 0.05) is 18.0 Å². The van der Waals surface area contributed by atoms with Gasteiger partial charge in [-0.05, 0) is 45.8 Å². The Morgan fingerprint density at radius 3 is 2.73 bits per heavy atom. The summed E-state index contributed by atoms with van der Waals surface area (Å²) in [5.74, 6) is 0.304. The van der Waals surface area contributed by atoms with Crippen molar-refractivity contribution in [1.82, 2.24) is 10.2 Å². The number of aromatic amines is 1. The highest BCUT2D eigenvalue weighted by Gasteiger charge is 2.10. The van der Waals surface area contributed by atoms with E-state index in [4.69, 9.17) is 0 Å². The molecule has 2 heterocycles. The van der Waals surface area contributed by atoms with E-state index in [0.29, 0.717) is 17.1 Å². The Kier molecular flexibility index (Phi) is 5.44. The number of carbonyl (C=O) groups is 1. The zero-order chi connectivity index (χ0) is 18.7. The van der Waals surface area contributed by atoms with Gasteiger partial charge in [-0.1, -0.05) is 12.1 Å². The van der Waals surface area contributed by atoms with Crippen molar-refractivity contribution in [2.24, 2.45) is 0 Å². The lowest BCUT2D eigenvalue weighted by atomic mass is 10.2. The zero-order valence-corrected chi connectivity index (χ0v) is 16.8. The molecule has 136 valence electrons. The minimum atomic E-state index is -3.14. The van der Waals surface area contributed by atoms with Crippen molar-refractivity contribution in [3.05, 3.63) is 51.8 Å². The first kappa shape index (κ1) is 18.6. The van der Waals surface area contributed by atoms with Crippen molar-refractivity contribution in [3.63, 3.8) is 0 Å². The Bertz CT molecular complexity index is 1040. The van der Waals surface area contributed by atoms with Crippen LogP contribution >= 0.6 is 27.3 Å². The summed E-state index contributed by atoms with van der Waals surface area (Å²) in [6.07, 6.45) is 1.17. The zero-order valence-electron chi connectivity index (χ0n) is 13.6. The van der Waals surface area contributed by atoms with Gasteiger partial charge in [0.1, 0.15) is 0 Å². The fourth-order valence-corrected chi connectivity index (χ4v) is 4.43. The molecule has 2 aromatic heterocycles. The Balaban J connectivity index is 1.64. The third-order valence-electron chi connectivity index (χ3n) is 3.27. The maximum Gasteiger partial charge on any atom is 0.324 e. The molecule has 0 saturated carbocycles. The van der Waals surface area contributed by atoms with Crippen LogP contribution in [0.4, 0.5) is 16.3 Å². The van der Waals surface area contributed by atoms with Gasteiger partial charge < -0.3 is 5.32 Å². The van der Waals surface area contributed by atoms with Crippen LogP contribution in [0.5, 0.6) is 0 Å². The van der Waals surface area contributed by atoms with Crippen molar-refractivity contribution >= 4 is 54.6 Å². The summed E-state index contributed by atoms with van der Waals surface area (Å²) in [5.41, 5.74) is 1.91. The molecular weight excluding hydrogens is 440 g/mol. The maximum absolute atomic E-state index is 12.1. The number of hydrogen-bond donors (Lipinski definition) is 3. The number of rotatable bonds is 5. The van der Waals surface area contributed by atoms with E-state index < -0.39 is 15.9 Å². The number of nitrogens with one attached hydrogen (secondary N) is 3. The molecule has 3 aromatic rings. The minimum absolute atomic E-state index is 0.0801. The predicted molar refractivity (Wildman–Crippen MR) is 107 cm³/mol. The molecule has 7 nitrogen and oxygen atoms in total. The number of hydrogen-bond acceptors (Lipinski definition) is 5. The summed E-state index contributed by atoms with van der Waals surface area (Å²) in [4.78, 5) is 13.1. The molecule has 3 rings (SSSR count). The van der Waals surface area contributed by atoms with Crippen LogP contribution in [0.25, 0.3) is 10.6 Å². The third kappa shape index (κ3) is 5.16. The molecule has 2 amide bonds. The summed E-state index contributed by atoms with van der Waals surface area (Å²) in [7, 11) is -3.14. The molecule has 0 radical (unpaired) electrons. The maximum atomic E-state index is 12.1. The Morgan fingerprint density at radius 2 is 2.04 bits per heavy atom. The Hall–Kier alpha value is -2.17. The summed E-state index contributed by atoms with van der Waals surface area (Å²) in [6.45, 7) is 0. The second-order valence-corrected chi connectivity index (χ2v) is 10.2. The lowest BCUT2D eigenvalue weighted by Gasteiger charge is -2.07. The minimum Gasteiger partial charge on any atom is -0.308 e. The molecule has 3 N–H and O–H groups in total. The summed E-state index contributed by atoms with van der Waals surface area (Å²) < 4.78 is 23.8. The molecule has 10 heteroatoms. The number of halogens is 1. The first-order valence-electron chi connectivity index (χ1n) is 7.44. The van der Waals surface area contributed by atoms with E-state index in [1.165, 1.54) is 6.26 Å². The topological polar surface area (TPSA) is 104 Å². The molecule has 0 aliphatic rings. The second kappa shape index (κ2) is 7.60. The lowest BCUT2D eigenvalue weighted by Crippen LogP contribution is -2.19. The number of H-pyrrole nitrogens is 1. The van der Waals surface area contributed by atoms with Crippen LogP contribution in [0.2, 0.25) is 0 Å². The average molecular weight is 455 g/mol. The van der Waals surface area contributed by atoms with Gasteiger partial charge in [0.2, 0.25) is 0 Å². The number of aromatic nitrogens is 2. The molecular formula is C16H15BrN4O3S2. The van der Waals surface area contributed by atoms with E-state index in [0.717, 1.165) is 14.4 Å². The predicted octanol–water partition coefficient (Wildman–Crippen LogP) is 4.09. The molecule has 1 aromatic carbocycles. The first-order chi connectivity index (χ1) is 12.3. The number of carbonyl (C=O) groups excluding carboxylic acids is 1.